The van der Waals surface area contributed by atoms with Gasteiger partial charge in [0.25, 0.3) is 0 Å². The van der Waals surface area contributed by atoms with Crippen LogP contribution < -0.4 is 5.32 Å². The third-order valence-electron chi connectivity index (χ3n) is 3.22. The van der Waals surface area contributed by atoms with E-state index in [0.29, 0.717) is 0 Å². The van der Waals surface area contributed by atoms with E-state index in [2.05, 4.69) is 5.32 Å². The highest BCUT2D eigenvalue weighted by molar-refractivity contribution is 5.05. The van der Waals surface area contributed by atoms with Gasteiger partial charge in [0.15, 0.2) is 0 Å². The second-order valence-electron chi connectivity index (χ2n) is 4.10. The van der Waals surface area contributed by atoms with E-state index >= 15 is 0 Å². The molecule has 1 spiro atoms. The van der Waals surface area contributed by atoms with Crippen molar-refractivity contribution in [2.45, 2.75) is 25.7 Å². The Morgan fingerprint density at radius 1 is 1.36 bits per heavy atom. The molecule has 0 aromatic rings. The van der Waals surface area contributed by atoms with E-state index in [4.69, 9.17) is 0 Å². The first kappa shape index (κ1) is 7.47. The predicted molar refractivity (Wildman–Crippen MR) is 38.6 cm³/mol. The van der Waals surface area contributed by atoms with Gasteiger partial charge in [0.05, 0.1) is 0 Å². The molecule has 1 aliphatic heterocycles. The van der Waals surface area contributed by atoms with Gasteiger partial charge in [-0.15, -0.1) is 0 Å². The molecule has 0 radical (unpaired) electrons. The van der Waals surface area contributed by atoms with E-state index in [1.807, 2.05) is 6.92 Å². The Kier molecular flexibility index (Phi) is 1.32. The van der Waals surface area contributed by atoms with Gasteiger partial charge in [-0.05, 0) is 5.92 Å². The fraction of sp³-hybridized carbons (Fsp3) is 1.00. The Morgan fingerprint density at radius 3 is 2.18 bits per heavy atom. The maximum absolute atomic E-state index is 12.9. The molecular formula is C8H13F2N. The molecule has 1 aliphatic carbocycles. The number of rotatable bonds is 0. The molecular weight excluding hydrogens is 148 g/mol. The van der Waals surface area contributed by atoms with Crippen molar-refractivity contribution in [1.29, 1.82) is 0 Å². The zero-order valence-electron chi connectivity index (χ0n) is 6.66. The van der Waals surface area contributed by atoms with Crippen molar-refractivity contribution in [3.8, 4) is 0 Å². The molecule has 64 valence electrons. The van der Waals surface area contributed by atoms with Gasteiger partial charge >= 0.3 is 0 Å². The number of hydrogen-bond acceptors (Lipinski definition) is 1. The number of halogens is 2. The van der Waals surface area contributed by atoms with Crippen LogP contribution in [0.15, 0.2) is 0 Å². The monoisotopic (exact) mass is 161 g/mol. The normalized spacial score (nSPS) is 39.0. The minimum absolute atomic E-state index is 0.0521. The van der Waals surface area contributed by atoms with E-state index in [-0.39, 0.29) is 24.2 Å². The Bertz CT molecular complexity index is 175. The summed E-state index contributed by atoms with van der Waals surface area (Å²) in [6.07, 6.45) is 0.197. The quantitative estimate of drug-likeness (QED) is 0.569. The minimum Gasteiger partial charge on any atom is -0.316 e. The molecule has 0 unspecified atom stereocenters. The van der Waals surface area contributed by atoms with Crippen molar-refractivity contribution >= 4 is 0 Å². The molecule has 1 saturated heterocycles. The maximum atomic E-state index is 12.9. The highest BCUT2D eigenvalue weighted by Gasteiger charge is 2.56. The number of hydrogen-bond donors (Lipinski definition) is 1. The Labute approximate surface area is 65.2 Å². The van der Waals surface area contributed by atoms with Crippen molar-refractivity contribution in [3.63, 3.8) is 0 Å². The van der Waals surface area contributed by atoms with Crippen LogP contribution in [-0.4, -0.2) is 19.0 Å². The molecule has 2 aliphatic rings. The fourth-order valence-corrected chi connectivity index (χ4v) is 2.35. The molecule has 0 aromatic heterocycles. The summed E-state index contributed by atoms with van der Waals surface area (Å²) < 4.78 is 25.8. The molecule has 1 heterocycles. The summed E-state index contributed by atoms with van der Waals surface area (Å²) in [5, 5.41) is 3.08. The molecule has 1 nitrogen and oxygen atoms in total. The van der Waals surface area contributed by atoms with Crippen LogP contribution in [-0.2, 0) is 0 Å². The van der Waals surface area contributed by atoms with E-state index in [1.54, 1.807) is 0 Å². The number of nitrogens with one attached hydrogen (secondary N) is 1. The highest BCUT2D eigenvalue weighted by atomic mass is 19.3. The van der Waals surface area contributed by atoms with Gasteiger partial charge in [0.1, 0.15) is 0 Å². The first-order valence-corrected chi connectivity index (χ1v) is 4.13. The highest BCUT2D eigenvalue weighted by Crippen LogP contribution is 2.52. The topological polar surface area (TPSA) is 12.0 Å². The molecule has 3 heteroatoms. The molecule has 2 rings (SSSR count). The second-order valence-corrected chi connectivity index (χ2v) is 4.10. The lowest BCUT2D eigenvalue weighted by Gasteiger charge is -2.42. The van der Waals surface area contributed by atoms with Crippen molar-refractivity contribution in [3.05, 3.63) is 0 Å². The summed E-state index contributed by atoms with van der Waals surface area (Å²) in [4.78, 5) is 0. The zero-order valence-corrected chi connectivity index (χ0v) is 6.66. The molecule has 2 fully saturated rings. The van der Waals surface area contributed by atoms with Crippen LogP contribution in [0.2, 0.25) is 0 Å². The lowest BCUT2D eigenvalue weighted by Crippen LogP contribution is -2.55. The van der Waals surface area contributed by atoms with E-state index in [9.17, 15) is 8.78 Å². The van der Waals surface area contributed by atoms with Crippen LogP contribution >= 0.6 is 0 Å². The van der Waals surface area contributed by atoms with Crippen LogP contribution in [0.25, 0.3) is 0 Å². The van der Waals surface area contributed by atoms with Crippen molar-refractivity contribution in [2.75, 3.05) is 13.1 Å². The summed E-state index contributed by atoms with van der Waals surface area (Å²) >= 11 is 0. The predicted octanol–water partition coefficient (Wildman–Crippen LogP) is 1.64. The van der Waals surface area contributed by atoms with Crippen LogP contribution in [0.4, 0.5) is 8.78 Å². The van der Waals surface area contributed by atoms with Gasteiger partial charge in [-0.2, -0.15) is 0 Å². The first-order valence-electron chi connectivity index (χ1n) is 4.13. The second kappa shape index (κ2) is 1.94. The standard InChI is InChI=1S/C8H13F2N/c1-6-2-8(9,10)3-7(6)4-11-5-7/h6,11H,2-5H2,1H3/t6-/m0/s1. The first-order chi connectivity index (χ1) is 5.04. The third kappa shape index (κ3) is 0.975. The van der Waals surface area contributed by atoms with Crippen LogP contribution in [0, 0.1) is 11.3 Å². The van der Waals surface area contributed by atoms with Gasteiger partial charge < -0.3 is 5.32 Å². The van der Waals surface area contributed by atoms with Gasteiger partial charge in [0.2, 0.25) is 5.92 Å². The molecule has 0 aromatic carbocycles. The summed E-state index contributed by atoms with van der Waals surface area (Å²) in [6.45, 7) is 3.54. The largest absolute Gasteiger partial charge is 0.316 e. The average Bonchev–Trinajstić information content (AvgIpc) is 1.99. The minimum atomic E-state index is -2.39. The van der Waals surface area contributed by atoms with Crippen LogP contribution in [0.5, 0.6) is 0 Å². The summed E-state index contributed by atoms with van der Waals surface area (Å²) in [6, 6.07) is 0. The smallest absolute Gasteiger partial charge is 0.249 e. The Balaban J connectivity index is 2.14. The lowest BCUT2D eigenvalue weighted by atomic mass is 9.74. The summed E-state index contributed by atoms with van der Waals surface area (Å²) in [7, 11) is 0. The zero-order chi connectivity index (χ0) is 8.11. The van der Waals surface area contributed by atoms with Crippen molar-refractivity contribution in [1.82, 2.24) is 5.32 Å². The number of alkyl halides is 2. The SMILES string of the molecule is C[C@H]1CC(F)(F)CC12CNC2. The van der Waals surface area contributed by atoms with E-state index in [1.165, 1.54) is 0 Å². The lowest BCUT2D eigenvalue weighted by molar-refractivity contribution is -0.0109. The molecule has 1 N–H and O–H groups in total. The van der Waals surface area contributed by atoms with Crippen LogP contribution in [0.3, 0.4) is 0 Å². The molecule has 11 heavy (non-hydrogen) atoms. The Hall–Kier alpha value is -0.180. The third-order valence-corrected chi connectivity index (χ3v) is 3.22. The van der Waals surface area contributed by atoms with Gasteiger partial charge in [-0.25, -0.2) is 8.78 Å². The van der Waals surface area contributed by atoms with Crippen LogP contribution in [0.1, 0.15) is 19.8 Å². The van der Waals surface area contributed by atoms with Gasteiger partial charge in [-0.1, -0.05) is 6.92 Å². The maximum Gasteiger partial charge on any atom is 0.249 e. The summed E-state index contributed by atoms with van der Waals surface area (Å²) in [5.41, 5.74) is -0.0521. The van der Waals surface area contributed by atoms with Gasteiger partial charge in [-0.3, -0.25) is 0 Å². The van der Waals surface area contributed by atoms with Gasteiger partial charge in [0, 0.05) is 31.3 Å². The fourth-order valence-electron chi connectivity index (χ4n) is 2.35. The molecule has 1 atom stereocenters. The average molecular weight is 161 g/mol. The molecule has 0 amide bonds. The van der Waals surface area contributed by atoms with E-state index in [0.717, 1.165) is 13.1 Å². The van der Waals surface area contributed by atoms with Crippen molar-refractivity contribution < 1.29 is 8.78 Å². The molecule has 0 bridgehead atoms. The molecule has 1 saturated carbocycles. The Morgan fingerprint density at radius 2 is 2.00 bits per heavy atom. The van der Waals surface area contributed by atoms with Crippen molar-refractivity contribution in [2.24, 2.45) is 11.3 Å². The summed E-state index contributed by atoms with van der Waals surface area (Å²) in [5.74, 6) is -2.19. The van der Waals surface area contributed by atoms with E-state index < -0.39 is 5.92 Å².